The summed E-state index contributed by atoms with van der Waals surface area (Å²) < 4.78 is -0.771. The van der Waals surface area contributed by atoms with Gasteiger partial charge in [-0.2, -0.15) is 0 Å². The minimum absolute atomic E-state index is 0.182. The van der Waals surface area contributed by atoms with Crippen LogP contribution in [0.1, 0.15) is 10.4 Å². The van der Waals surface area contributed by atoms with Gasteiger partial charge in [0.05, 0.1) is 10.6 Å². The lowest BCUT2D eigenvalue weighted by molar-refractivity contribution is 0.0934. The Kier molecular flexibility index (Phi) is 8.06. The summed E-state index contributed by atoms with van der Waals surface area (Å²) in [6.45, 7) is 0. The van der Waals surface area contributed by atoms with E-state index in [1.54, 1.807) is 24.3 Å². The first kappa shape index (κ1) is 21.8. The van der Waals surface area contributed by atoms with Gasteiger partial charge in [-0.1, -0.05) is 58.5 Å². The standard InChI is InChI=1S/C16H12Cl4IN3OS/c17-12-4-2-1-3-11(12)13(25)23-14(16(18,19)20)24-15(26)22-10-7-5-9(21)6-8-10/h1-8,14H,(H,23,25)(H2,22,24,26). The predicted octanol–water partition coefficient (Wildman–Crippen LogP) is 5.36. The number of hydrogen-bond acceptors (Lipinski definition) is 2. The second kappa shape index (κ2) is 9.61. The average Bonchev–Trinajstić information content (AvgIpc) is 2.56. The summed E-state index contributed by atoms with van der Waals surface area (Å²) in [6, 6.07) is 14.1. The Hall–Kier alpha value is -0.510. The van der Waals surface area contributed by atoms with Crippen LogP contribution < -0.4 is 16.0 Å². The molecule has 0 fully saturated rings. The van der Waals surface area contributed by atoms with E-state index in [9.17, 15) is 4.79 Å². The van der Waals surface area contributed by atoms with E-state index in [1.807, 2.05) is 24.3 Å². The van der Waals surface area contributed by atoms with Crippen molar-refractivity contribution in [3.8, 4) is 0 Å². The number of carbonyl (C=O) groups is 1. The van der Waals surface area contributed by atoms with Crippen molar-refractivity contribution in [3.63, 3.8) is 0 Å². The number of hydrogen-bond donors (Lipinski definition) is 3. The molecule has 0 radical (unpaired) electrons. The van der Waals surface area contributed by atoms with Crippen LogP contribution >= 0.6 is 81.2 Å². The molecule has 0 bridgehead atoms. The van der Waals surface area contributed by atoms with Gasteiger partial charge in [-0.3, -0.25) is 4.79 Å². The number of amides is 1. The fraction of sp³-hybridized carbons (Fsp3) is 0.125. The first-order valence-electron chi connectivity index (χ1n) is 7.12. The van der Waals surface area contributed by atoms with Crippen LogP contribution in [0.4, 0.5) is 5.69 Å². The first-order valence-corrected chi connectivity index (χ1v) is 10.1. The lowest BCUT2D eigenvalue weighted by atomic mass is 10.2. The van der Waals surface area contributed by atoms with Gasteiger partial charge < -0.3 is 16.0 Å². The molecule has 0 saturated heterocycles. The number of anilines is 1. The maximum absolute atomic E-state index is 12.4. The van der Waals surface area contributed by atoms with Crippen molar-refractivity contribution in [2.45, 2.75) is 9.96 Å². The molecule has 1 atom stereocenters. The van der Waals surface area contributed by atoms with Crippen molar-refractivity contribution in [1.29, 1.82) is 0 Å². The smallest absolute Gasteiger partial charge is 0.254 e. The van der Waals surface area contributed by atoms with Gasteiger partial charge in [0, 0.05) is 9.26 Å². The lowest BCUT2D eigenvalue weighted by Gasteiger charge is -2.28. The van der Waals surface area contributed by atoms with Crippen LogP contribution in [0, 0.1) is 3.57 Å². The van der Waals surface area contributed by atoms with Crippen molar-refractivity contribution in [1.82, 2.24) is 10.6 Å². The number of nitrogens with one attached hydrogen (secondary N) is 3. The minimum atomic E-state index is -1.85. The fourth-order valence-electron chi connectivity index (χ4n) is 1.89. The SMILES string of the molecule is O=C(NC(NC(=S)Nc1ccc(I)cc1)C(Cl)(Cl)Cl)c1ccccc1Cl. The zero-order valence-corrected chi connectivity index (χ0v) is 18.9. The molecule has 0 aromatic heterocycles. The highest BCUT2D eigenvalue weighted by Gasteiger charge is 2.35. The van der Waals surface area contributed by atoms with Crippen molar-refractivity contribution in [3.05, 3.63) is 62.7 Å². The molecular formula is C16H12Cl4IN3OS. The summed E-state index contributed by atoms with van der Waals surface area (Å²) in [4.78, 5) is 12.4. The van der Waals surface area contributed by atoms with E-state index in [4.69, 9.17) is 58.6 Å². The van der Waals surface area contributed by atoms with E-state index in [-0.39, 0.29) is 15.7 Å². The highest BCUT2D eigenvalue weighted by molar-refractivity contribution is 14.1. The molecular weight excluding hydrogens is 551 g/mol. The second-order valence-corrected chi connectivity index (χ2v) is 9.46. The van der Waals surface area contributed by atoms with Gasteiger partial charge in [-0.15, -0.1) is 0 Å². The molecule has 0 aliphatic carbocycles. The molecule has 0 heterocycles. The molecule has 0 aliphatic rings. The zero-order chi connectivity index (χ0) is 19.3. The highest BCUT2D eigenvalue weighted by atomic mass is 127. The van der Waals surface area contributed by atoms with E-state index in [2.05, 4.69) is 38.5 Å². The van der Waals surface area contributed by atoms with Gasteiger partial charge in [0.2, 0.25) is 3.79 Å². The molecule has 2 aromatic rings. The van der Waals surface area contributed by atoms with E-state index in [0.717, 1.165) is 9.26 Å². The van der Waals surface area contributed by atoms with E-state index < -0.39 is 15.9 Å². The van der Waals surface area contributed by atoms with E-state index in [0.29, 0.717) is 0 Å². The average molecular weight is 563 g/mol. The number of benzene rings is 2. The number of thiocarbonyl (C=S) groups is 1. The normalized spacial score (nSPS) is 12.2. The van der Waals surface area contributed by atoms with Crippen molar-refractivity contribution < 1.29 is 4.79 Å². The number of rotatable bonds is 4. The van der Waals surface area contributed by atoms with Crippen LogP contribution in [0.15, 0.2) is 48.5 Å². The Morgan fingerprint density at radius 2 is 1.65 bits per heavy atom. The summed E-state index contributed by atoms with van der Waals surface area (Å²) in [5, 5.41) is 8.80. The largest absolute Gasteiger partial charge is 0.339 e. The Labute approximate surface area is 190 Å². The summed E-state index contributed by atoms with van der Waals surface area (Å²) >= 11 is 31.4. The molecule has 2 rings (SSSR count). The third kappa shape index (κ3) is 6.58. The number of halogens is 5. The number of alkyl halides is 3. The van der Waals surface area contributed by atoms with Gasteiger partial charge in [0.1, 0.15) is 6.17 Å². The molecule has 0 saturated carbocycles. The molecule has 10 heteroatoms. The number of carbonyl (C=O) groups excluding carboxylic acids is 1. The molecule has 2 aromatic carbocycles. The summed E-state index contributed by atoms with van der Waals surface area (Å²) in [7, 11) is 0. The van der Waals surface area contributed by atoms with Gasteiger partial charge in [-0.25, -0.2) is 0 Å². The van der Waals surface area contributed by atoms with Gasteiger partial charge in [-0.05, 0) is 71.2 Å². The first-order chi connectivity index (χ1) is 12.2. The second-order valence-electron chi connectivity index (χ2n) is 5.03. The topological polar surface area (TPSA) is 53.2 Å². The predicted molar refractivity (Wildman–Crippen MR) is 122 cm³/mol. The van der Waals surface area contributed by atoms with Crippen LogP contribution in [0.2, 0.25) is 5.02 Å². The van der Waals surface area contributed by atoms with E-state index in [1.165, 1.54) is 0 Å². The van der Waals surface area contributed by atoms with Crippen molar-refractivity contribution in [2.24, 2.45) is 0 Å². The Morgan fingerprint density at radius 1 is 1.04 bits per heavy atom. The maximum atomic E-state index is 12.4. The molecule has 1 amide bonds. The fourth-order valence-corrected chi connectivity index (χ4v) is 3.03. The van der Waals surface area contributed by atoms with Crippen LogP contribution in [0.5, 0.6) is 0 Å². The van der Waals surface area contributed by atoms with Gasteiger partial charge in [0.15, 0.2) is 5.11 Å². The molecule has 138 valence electrons. The summed E-state index contributed by atoms with van der Waals surface area (Å²) in [5.41, 5.74) is 1.01. The van der Waals surface area contributed by atoms with Gasteiger partial charge in [0.25, 0.3) is 5.91 Å². The molecule has 1 unspecified atom stereocenters. The molecule has 4 nitrogen and oxygen atoms in total. The zero-order valence-electron chi connectivity index (χ0n) is 12.9. The summed E-state index contributed by atoms with van der Waals surface area (Å²) in [6.07, 6.45) is -1.08. The molecule has 3 N–H and O–H groups in total. The monoisotopic (exact) mass is 561 g/mol. The summed E-state index contributed by atoms with van der Waals surface area (Å²) in [5.74, 6) is -0.503. The molecule has 26 heavy (non-hydrogen) atoms. The van der Waals surface area contributed by atoms with Crippen LogP contribution in [-0.4, -0.2) is 21.0 Å². The lowest BCUT2D eigenvalue weighted by Crippen LogP contribution is -2.56. The molecule has 0 spiro atoms. The minimum Gasteiger partial charge on any atom is -0.339 e. The van der Waals surface area contributed by atoms with Crippen LogP contribution in [0.25, 0.3) is 0 Å². The quantitative estimate of drug-likeness (QED) is 0.203. The van der Waals surface area contributed by atoms with Crippen molar-refractivity contribution >= 4 is 97.9 Å². The highest BCUT2D eigenvalue weighted by Crippen LogP contribution is 2.29. The Morgan fingerprint density at radius 3 is 2.23 bits per heavy atom. The Bertz CT molecular complexity index is 799. The third-order valence-corrected chi connectivity index (χ3v) is 5.02. The third-order valence-electron chi connectivity index (χ3n) is 3.10. The maximum Gasteiger partial charge on any atom is 0.254 e. The van der Waals surface area contributed by atoms with Gasteiger partial charge >= 0.3 is 0 Å². The Balaban J connectivity index is 2.07. The van der Waals surface area contributed by atoms with Crippen LogP contribution in [-0.2, 0) is 0 Å². The van der Waals surface area contributed by atoms with E-state index >= 15 is 0 Å². The molecule has 0 aliphatic heterocycles. The van der Waals surface area contributed by atoms with Crippen molar-refractivity contribution in [2.75, 3.05) is 5.32 Å². The van der Waals surface area contributed by atoms with Crippen LogP contribution in [0.3, 0.4) is 0 Å².